The molecular weight excluding hydrogens is 426 g/mol. The molecule has 5 heteroatoms. The molecule has 0 saturated heterocycles. The summed E-state index contributed by atoms with van der Waals surface area (Å²) in [6, 6.07) is 25.5. The molecule has 1 unspecified atom stereocenters. The van der Waals surface area contributed by atoms with Gasteiger partial charge < -0.3 is 9.52 Å². The van der Waals surface area contributed by atoms with Crippen LogP contribution in [0.25, 0.3) is 22.6 Å². The first-order valence-corrected chi connectivity index (χ1v) is 10.9. The molecular formula is C29H19NO4. The van der Waals surface area contributed by atoms with E-state index >= 15 is 0 Å². The van der Waals surface area contributed by atoms with E-state index < -0.39 is 5.92 Å². The number of aromatic hydroxyl groups is 1. The minimum Gasteiger partial charge on any atom is -0.508 e. The van der Waals surface area contributed by atoms with Crippen LogP contribution in [0, 0.1) is 0 Å². The molecule has 2 aromatic heterocycles. The predicted octanol–water partition coefficient (Wildman–Crippen LogP) is 5.67. The number of nitrogens with zero attached hydrogens (tertiary/aromatic N) is 1. The summed E-state index contributed by atoms with van der Waals surface area (Å²) >= 11 is 0. The van der Waals surface area contributed by atoms with Crippen molar-refractivity contribution in [1.29, 1.82) is 0 Å². The van der Waals surface area contributed by atoms with Crippen LogP contribution in [0.3, 0.4) is 0 Å². The number of phenols is 1. The van der Waals surface area contributed by atoms with Crippen molar-refractivity contribution in [2.45, 2.75) is 5.92 Å². The van der Waals surface area contributed by atoms with E-state index in [1.807, 2.05) is 54.6 Å². The summed E-state index contributed by atoms with van der Waals surface area (Å²) in [5.41, 5.74) is 3.34. The van der Waals surface area contributed by atoms with Crippen molar-refractivity contribution < 1.29 is 14.3 Å². The van der Waals surface area contributed by atoms with E-state index in [-0.39, 0.29) is 17.1 Å². The highest BCUT2D eigenvalue weighted by Gasteiger charge is 2.32. The smallest absolute Gasteiger partial charge is 0.262 e. The Morgan fingerprint density at radius 2 is 1.62 bits per heavy atom. The lowest BCUT2D eigenvalue weighted by Gasteiger charge is -2.20. The van der Waals surface area contributed by atoms with Crippen LogP contribution in [0.15, 0.2) is 107 Å². The second-order valence-electron chi connectivity index (χ2n) is 8.27. The second-order valence-corrected chi connectivity index (χ2v) is 8.27. The Kier molecular flexibility index (Phi) is 4.56. The molecule has 3 aromatic carbocycles. The minimum absolute atomic E-state index is 0.0138. The standard InChI is InChI=1S/C29H19NO4/c31-19-12-13-22-25(16-19)34-28-24(27(22)32)17-23(29(33)30-14-6-7-15-30)20-10-4-5-11-21(20)26(28)18-8-2-1-3-9-18/h1-17,26,31H. The van der Waals surface area contributed by atoms with Crippen LogP contribution in [0.5, 0.6) is 5.75 Å². The molecule has 1 atom stereocenters. The van der Waals surface area contributed by atoms with Gasteiger partial charge in [-0.05, 0) is 47.0 Å². The Morgan fingerprint density at radius 3 is 2.41 bits per heavy atom. The molecule has 0 amide bonds. The molecule has 0 aliphatic heterocycles. The first-order valence-electron chi connectivity index (χ1n) is 10.9. The highest BCUT2D eigenvalue weighted by molar-refractivity contribution is 6.26. The summed E-state index contributed by atoms with van der Waals surface area (Å²) in [6.07, 6.45) is 5.04. The van der Waals surface area contributed by atoms with Gasteiger partial charge in [-0.25, -0.2) is 0 Å². The monoisotopic (exact) mass is 445 g/mol. The van der Waals surface area contributed by atoms with E-state index in [2.05, 4.69) is 0 Å². The van der Waals surface area contributed by atoms with E-state index in [1.165, 1.54) is 16.7 Å². The third kappa shape index (κ3) is 3.10. The first-order chi connectivity index (χ1) is 16.6. The fraction of sp³-hybridized carbons (Fsp3) is 0.0345. The van der Waals surface area contributed by atoms with E-state index in [0.29, 0.717) is 27.9 Å². The fourth-order valence-corrected chi connectivity index (χ4v) is 4.68. The maximum atomic E-state index is 13.7. The van der Waals surface area contributed by atoms with Crippen molar-refractivity contribution in [3.05, 3.63) is 136 Å². The van der Waals surface area contributed by atoms with Crippen molar-refractivity contribution >= 4 is 28.5 Å². The maximum absolute atomic E-state index is 13.7. The summed E-state index contributed by atoms with van der Waals surface area (Å²) in [6.45, 7) is 0. The molecule has 0 radical (unpaired) electrons. The number of carbonyl (C=O) groups is 1. The largest absolute Gasteiger partial charge is 0.508 e. The number of aromatic nitrogens is 1. The quantitative estimate of drug-likeness (QED) is 0.380. The summed E-state index contributed by atoms with van der Waals surface area (Å²) in [7, 11) is 0. The Hall–Kier alpha value is -4.64. The van der Waals surface area contributed by atoms with Gasteiger partial charge in [0.2, 0.25) is 0 Å². The zero-order chi connectivity index (χ0) is 23.2. The van der Waals surface area contributed by atoms with Gasteiger partial charge in [0, 0.05) is 24.0 Å². The number of hydrogen-bond donors (Lipinski definition) is 1. The summed E-state index contributed by atoms with van der Waals surface area (Å²) in [5, 5.41) is 10.4. The van der Waals surface area contributed by atoms with Gasteiger partial charge in [0.1, 0.15) is 17.1 Å². The van der Waals surface area contributed by atoms with Crippen LogP contribution in [-0.2, 0) is 0 Å². The van der Waals surface area contributed by atoms with E-state index in [9.17, 15) is 14.7 Å². The lowest BCUT2D eigenvalue weighted by atomic mass is 9.85. The van der Waals surface area contributed by atoms with Crippen molar-refractivity contribution in [3.8, 4) is 5.75 Å². The summed E-state index contributed by atoms with van der Waals surface area (Å²) in [4.78, 5) is 27.3. The molecule has 0 spiro atoms. The average Bonchev–Trinajstić information content (AvgIpc) is 3.35. The minimum atomic E-state index is -0.418. The molecule has 0 bridgehead atoms. The molecule has 1 aliphatic rings. The zero-order valence-corrected chi connectivity index (χ0v) is 18.0. The van der Waals surface area contributed by atoms with Crippen molar-refractivity contribution in [2.24, 2.45) is 0 Å². The predicted molar refractivity (Wildman–Crippen MR) is 131 cm³/mol. The SMILES string of the molecule is O=C(C1=Cc2c(oc3cc(O)ccc3c2=O)C(c2ccccc2)c2ccccc21)n1cccc1. The third-order valence-corrected chi connectivity index (χ3v) is 6.25. The van der Waals surface area contributed by atoms with Crippen molar-refractivity contribution in [2.75, 3.05) is 0 Å². The molecule has 1 N–H and O–H groups in total. The van der Waals surface area contributed by atoms with Crippen molar-refractivity contribution in [3.63, 3.8) is 0 Å². The van der Waals surface area contributed by atoms with Gasteiger partial charge in [0.25, 0.3) is 5.91 Å². The van der Waals surface area contributed by atoms with Gasteiger partial charge >= 0.3 is 0 Å². The molecule has 0 saturated carbocycles. The van der Waals surface area contributed by atoms with Crippen molar-refractivity contribution in [1.82, 2.24) is 4.57 Å². The average molecular weight is 445 g/mol. The number of carbonyl (C=O) groups excluding carboxylic acids is 1. The lowest BCUT2D eigenvalue weighted by molar-refractivity contribution is 0.0980. The molecule has 6 rings (SSSR count). The van der Waals surface area contributed by atoms with Gasteiger partial charge in [-0.1, -0.05) is 54.6 Å². The van der Waals surface area contributed by atoms with E-state index in [1.54, 1.807) is 36.7 Å². The molecule has 1 aliphatic carbocycles. The first kappa shape index (κ1) is 20.0. The fourth-order valence-electron chi connectivity index (χ4n) is 4.68. The van der Waals surface area contributed by atoms with Crippen LogP contribution < -0.4 is 5.43 Å². The van der Waals surface area contributed by atoms with Crippen LogP contribution in [-0.4, -0.2) is 15.6 Å². The molecule has 164 valence electrons. The summed E-state index contributed by atoms with van der Waals surface area (Å²) < 4.78 is 7.85. The van der Waals surface area contributed by atoms with Gasteiger partial charge in [0.15, 0.2) is 5.43 Å². The summed E-state index contributed by atoms with van der Waals surface area (Å²) in [5.74, 6) is -0.197. The van der Waals surface area contributed by atoms with Crippen LogP contribution in [0.4, 0.5) is 0 Å². The van der Waals surface area contributed by atoms with Crippen LogP contribution in [0.2, 0.25) is 0 Å². The topological polar surface area (TPSA) is 72.4 Å². The van der Waals surface area contributed by atoms with E-state index in [0.717, 1.165) is 16.7 Å². The number of allylic oxidation sites excluding steroid dienone is 1. The lowest BCUT2D eigenvalue weighted by Crippen LogP contribution is -2.13. The van der Waals surface area contributed by atoms with Gasteiger partial charge in [-0.2, -0.15) is 0 Å². The normalized spacial score (nSPS) is 14.7. The van der Waals surface area contributed by atoms with E-state index in [4.69, 9.17) is 4.42 Å². The Labute approximate surface area is 194 Å². The van der Waals surface area contributed by atoms with Crippen LogP contribution in [0.1, 0.15) is 38.7 Å². The number of fused-ring (bicyclic) bond motifs is 3. The molecule has 0 fully saturated rings. The Bertz CT molecular complexity index is 1640. The number of benzene rings is 3. The number of rotatable bonds is 2. The second kappa shape index (κ2) is 7.74. The number of phenolic OH excluding ortho intramolecular Hbond substituents is 1. The third-order valence-electron chi connectivity index (χ3n) is 6.25. The molecule has 5 aromatic rings. The number of hydrogen-bond acceptors (Lipinski definition) is 4. The molecule has 2 heterocycles. The maximum Gasteiger partial charge on any atom is 0.262 e. The Morgan fingerprint density at radius 1 is 0.882 bits per heavy atom. The highest BCUT2D eigenvalue weighted by Crippen LogP contribution is 2.42. The molecule has 34 heavy (non-hydrogen) atoms. The van der Waals surface area contributed by atoms with Gasteiger partial charge in [-0.3, -0.25) is 14.2 Å². The molecule has 5 nitrogen and oxygen atoms in total. The van der Waals surface area contributed by atoms with Gasteiger partial charge in [0.05, 0.1) is 16.9 Å². The highest BCUT2D eigenvalue weighted by atomic mass is 16.3. The zero-order valence-electron chi connectivity index (χ0n) is 18.0. The van der Waals surface area contributed by atoms with Gasteiger partial charge in [-0.15, -0.1) is 0 Å². The Balaban J connectivity index is 1.74. The van der Waals surface area contributed by atoms with Crippen LogP contribution >= 0.6 is 0 Å².